The molecule has 0 saturated heterocycles. The van der Waals surface area contributed by atoms with Crippen LogP contribution in [0.4, 0.5) is 29.3 Å². The number of carbonyl (C=O) groups is 4. The van der Waals surface area contributed by atoms with E-state index >= 15 is 0 Å². The van der Waals surface area contributed by atoms with Gasteiger partial charge in [0.15, 0.2) is 11.4 Å². The number of Topliss-reactive ketones (excluding diaryl/α,β-unsaturated/α-hetero) is 2. The highest BCUT2D eigenvalue weighted by molar-refractivity contribution is 6.24. The summed E-state index contributed by atoms with van der Waals surface area (Å²) in [5, 5.41) is 61.3. The average molecular weight is 695 g/mol. The fourth-order valence-electron chi connectivity index (χ4n) is 7.01. The van der Waals surface area contributed by atoms with Crippen LogP contribution >= 0.6 is 11.6 Å². The van der Waals surface area contributed by atoms with Gasteiger partial charge in [-0.2, -0.15) is 13.2 Å². The number of ketones is 2. The van der Waals surface area contributed by atoms with E-state index in [4.69, 9.17) is 17.3 Å². The maximum atomic E-state index is 14.1. The smallest absolute Gasteiger partial charge is 0.418 e. The normalized spacial score (nSPS) is 27.0. The number of hydrogen-bond acceptors (Lipinski definition) is 10. The molecule has 3 aliphatic rings. The number of nitrogens with two attached hydrogens (primary N) is 1. The molecule has 1 fully saturated rings. The Balaban J connectivity index is 1.59. The summed E-state index contributed by atoms with van der Waals surface area (Å²) < 4.78 is 41.0. The van der Waals surface area contributed by atoms with E-state index in [9.17, 15) is 57.9 Å². The van der Waals surface area contributed by atoms with Crippen molar-refractivity contribution in [1.82, 2.24) is 4.90 Å². The van der Waals surface area contributed by atoms with E-state index in [0.717, 1.165) is 12.1 Å². The monoisotopic (exact) mass is 694 g/mol. The maximum Gasteiger partial charge on any atom is 0.418 e. The van der Waals surface area contributed by atoms with Gasteiger partial charge in [0.1, 0.15) is 22.8 Å². The van der Waals surface area contributed by atoms with Gasteiger partial charge in [-0.3, -0.25) is 19.3 Å². The van der Waals surface area contributed by atoms with Crippen LogP contribution in [0.2, 0.25) is 0 Å². The Hall–Kier alpha value is -4.64. The van der Waals surface area contributed by atoms with Crippen molar-refractivity contribution in [2.24, 2.45) is 17.6 Å². The number of benzene rings is 2. The van der Waals surface area contributed by atoms with Gasteiger partial charge >= 0.3 is 12.2 Å². The van der Waals surface area contributed by atoms with Crippen LogP contribution in [-0.2, 0) is 26.4 Å². The van der Waals surface area contributed by atoms with Gasteiger partial charge in [0.2, 0.25) is 5.78 Å². The van der Waals surface area contributed by atoms with Crippen molar-refractivity contribution in [3.63, 3.8) is 0 Å². The van der Waals surface area contributed by atoms with Gasteiger partial charge in [-0.25, -0.2) is 4.79 Å². The molecule has 5 rings (SSSR count). The largest absolute Gasteiger partial charge is 0.508 e. The van der Waals surface area contributed by atoms with Crippen LogP contribution in [0.3, 0.4) is 0 Å². The van der Waals surface area contributed by atoms with E-state index in [2.05, 4.69) is 10.6 Å². The second-order valence-corrected chi connectivity index (χ2v) is 12.3. The lowest BCUT2D eigenvalue weighted by atomic mass is 9.54. The predicted octanol–water partition coefficient (Wildman–Crippen LogP) is 2.90. The van der Waals surface area contributed by atoms with E-state index in [-0.39, 0.29) is 17.0 Å². The van der Waals surface area contributed by atoms with Crippen LogP contribution in [-0.4, -0.2) is 85.8 Å². The number of anilines is 2. The van der Waals surface area contributed by atoms with E-state index < -0.39 is 116 Å². The molecule has 0 spiro atoms. The molecule has 0 heterocycles. The van der Waals surface area contributed by atoms with Crippen LogP contribution in [0.5, 0.6) is 5.75 Å². The minimum Gasteiger partial charge on any atom is -0.508 e. The van der Waals surface area contributed by atoms with Crippen LogP contribution in [0.15, 0.2) is 47.2 Å². The number of likely N-dealkylation sites (N-methyl/N-ethyl adjacent to an activating group) is 1. The Kier molecular flexibility index (Phi) is 8.53. The van der Waals surface area contributed by atoms with Crippen molar-refractivity contribution in [2.75, 3.05) is 24.7 Å². The van der Waals surface area contributed by atoms with Gasteiger partial charge in [0.25, 0.3) is 5.91 Å². The number of nitrogens with zero attached hydrogens (tertiary/aromatic N) is 1. The molecule has 0 aliphatic heterocycles. The first-order valence-electron chi connectivity index (χ1n) is 14.3. The van der Waals surface area contributed by atoms with Gasteiger partial charge in [0, 0.05) is 17.4 Å². The zero-order valence-corrected chi connectivity index (χ0v) is 26.1. The number of halogens is 4. The molecule has 256 valence electrons. The van der Waals surface area contributed by atoms with Gasteiger partial charge in [-0.15, -0.1) is 11.6 Å². The molecule has 0 bridgehead atoms. The Bertz CT molecular complexity index is 1840. The third-order valence-corrected chi connectivity index (χ3v) is 9.48. The maximum absolute atomic E-state index is 14.1. The Labute approximate surface area is 275 Å². The molecule has 1 saturated carbocycles. The van der Waals surface area contributed by atoms with E-state index in [0.29, 0.717) is 0 Å². The highest BCUT2D eigenvalue weighted by Crippen LogP contribution is 2.56. The van der Waals surface area contributed by atoms with Crippen molar-refractivity contribution in [3.05, 3.63) is 69.5 Å². The van der Waals surface area contributed by atoms with Gasteiger partial charge < -0.3 is 41.9 Å². The molecule has 9 N–H and O–H groups in total. The Morgan fingerprint density at radius 3 is 2.23 bits per heavy atom. The molecule has 48 heavy (non-hydrogen) atoms. The van der Waals surface area contributed by atoms with Crippen molar-refractivity contribution in [1.29, 1.82) is 0 Å². The van der Waals surface area contributed by atoms with Crippen molar-refractivity contribution in [3.8, 4) is 5.75 Å². The number of carbonyl (C=O) groups excluding carboxylic acids is 4. The van der Waals surface area contributed by atoms with Crippen LogP contribution < -0.4 is 16.4 Å². The number of aliphatic hydroxyl groups excluding tert-OH is 3. The third-order valence-electron chi connectivity index (χ3n) is 9.17. The number of aromatic hydroxyl groups is 1. The van der Waals surface area contributed by atoms with E-state index in [1.165, 1.54) is 44.1 Å². The molecule has 3 aliphatic carbocycles. The molecule has 2 aromatic carbocycles. The molecule has 2 aromatic rings. The number of phenols is 1. The standard InChI is InChI=1S/C31H30ClF3N4O9/c1-10-12-5-7-15(38-29(47)37-14-6-4-11(9-32)8-13(14)31(33,34)35)22(40)17(12)23(41)18-16(10)24(42)20-21(39(2)3)25(43)19(28(36)46)27(45)30(20,48)26(18)44/h4-8,10,16,20-21,24,40-42,45,48H,9H2,1-3H3,(H2,36,46)(H2,37,38,47)/t10-,16+,20+,21-,24?,30-/m0/s1. The zero-order chi connectivity index (χ0) is 35.8. The molecule has 13 nitrogen and oxygen atoms in total. The summed E-state index contributed by atoms with van der Waals surface area (Å²) in [4.78, 5) is 53.6. The number of amides is 3. The number of phenolic OH excluding ortho intramolecular Hbond substituents is 1. The number of fused-ring (bicyclic) bond motifs is 3. The van der Waals surface area contributed by atoms with Crippen LogP contribution in [0.25, 0.3) is 5.76 Å². The first kappa shape index (κ1) is 34.7. The van der Waals surface area contributed by atoms with Crippen molar-refractivity contribution < 1.29 is 57.9 Å². The second-order valence-electron chi connectivity index (χ2n) is 12.1. The number of primary amides is 1. The minimum atomic E-state index is -4.86. The summed E-state index contributed by atoms with van der Waals surface area (Å²) in [6.45, 7) is 1.51. The summed E-state index contributed by atoms with van der Waals surface area (Å²) in [7, 11) is 2.76. The van der Waals surface area contributed by atoms with Gasteiger partial charge in [-0.05, 0) is 49.3 Å². The molecule has 0 aromatic heterocycles. The summed E-state index contributed by atoms with van der Waals surface area (Å²) in [6.07, 6.45) is -6.66. The number of rotatable bonds is 5. The van der Waals surface area contributed by atoms with E-state index in [1.807, 2.05) is 0 Å². The molecular formula is C31H30ClF3N4O9. The Morgan fingerprint density at radius 2 is 1.67 bits per heavy atom. The predicted molar refractivity (Wildman–Crippen MR) is 164 cm³/mol. The van der Waals surface area contributed by atoms with Crippen molar-refractivity contribution >= 4 is 52.2 Å². The lowest BCUT2D eigenvalue weighted by Gasteiger charge is -2.53. The third kappa shape index (κ3) is 5.06. The Morgan fingerprint density at radius 1 is 1.06 bits per heavy atom. The first-order chi connectivity index (χ1) is 22.3. The van der Waals surface area contributed by atoms with E-state index in [1.54, 1.807) is 0 Å². The lowest BCUT2D eigenvalue weighted by molar-refractivity contribution is -0.169. The topological polar surface area (TPSA) is 223 Å². The second kappa shape index (κ2) is 11.8. The molecule has 6 atom stereocenters. The quantitative estimate of drug-likeness (QED) is 0.130. The molecule has 1 unspecified atom stereocenters. The van der Waals surface area contributed by atoms with Crippen LogP contribution in [0.1, 0.15) is 35.1 Å². The van der Waals surface area contributed by atoms with Crippen LogP contribution in [0, 0.1) is 11.8 Å². The summed E-state index contributed by atoms with van der Waals surface area (Å²) in [5.41, 5.74) is -1.89. The molecular weight excluding hydrogens is 665 g/mol. The molecule has 0 radical (unpaired) electrons. The highest BCUT2D eigenvalue weighted by atomic mass is 35.5. The van der Waals surface area contributed by atoms with Gasteiger partial charge in [-0.1, -0.05) is 19.1 Å². The van der Waals surface area contributed by atoms with Crippen molar-refractivity contribution in [2.45, 2.75) is 42.6 Å². The lowest BCUT2D eigenvalue weighted by Crippen LogP contribution is -2.70. The number of alkyl halides is 4. The SMILES string of the molecule is C[C@H]1c2ccc(NC(=O)Nc3ccc(CCl)cc3C(F)(F)F)c(O)c2C(O)=C2C(=O)[C@]3(O)C(O)=C(C(N)=O)C(=O)[C@@H](N(C)C)[C@@H]3C(O)[C@@H]21. The number of urea groups is 1. The zero-order valence-electron chi connectivity index (χ0n) is 25.4. The number of hydrogen-bond donors (Lipinski definition) is 8. The summed E-state index contributed by atoms with van der Waals surface area (Å²) in [5.74, 6) is -11.3. The number of aliphatic hydroxyl groups is 4. The first-order valence-corrected chi connectivity index (χ1v) is 14.8. The van der Waals surface area contributed by atoms with Gasteiger partial charge in [0.05, 0.1) is 40.6 Å². The fraction of sp³-hybridized carbons (Fsp3) is 0.355. The summed E-state index contributed by atoms with van der Waals surface area (Å²) >= 11 is 5.65. The minimum absolute atomic E-state index is 0.142. The fourth-order valence-corrected chi connectivity index (χ4v) is 7.18. The number of nitrogens with one attached hydrogen (secondary N) is 2. The summed E-state index contributed by atoms with van der Waals surface area (Å²) in [6, 6.07) is 2.79. The molecule has 17 heteroatoms. The molecule has 3 amide bonds. The highest BCUT2D eigenvalue weighted by Gasteiger charge is 2.68. The average Bonchev–Trinajstić information content (AvgIpc) is 2.99.